The largest absolute Gasteiger partial charge is 0.999 e. The van der Waals surface area contributed by atoms with Gasteiger partial charge in [-0.25, -0.2) is 0 Å². The predicted molar refractivity (Wildman–Crippen MR) is 99.1 cm³/mol. The molecule has 0 aliphatic rings. The predicted octanol–water partition coefficient (Wildman–Crippen LogP) is 5.38. The van der Waals surface area contributed by atoms with Gasteiger partial charge in [0.25, 0.3) is 0 Å². The summed E-state index contributed by atoms with van der Waals surface area (Å²) in [6, 6.07) is 40.2. The molecule has 0 bridgehead atoms. The molecule has 27 heavy (non-hydrogen) atoms. The first kappa shape index (κ1) is 20.2. The van der Waals surface area contributed by atoms with E-state index in [1.165, 1.54) is 0 Å². The summed E-state index contributed by atoms with van der Waals surface area (Å²) >= 11 is 0. The summed E-state index contributed by atoms with van der Waals surface area (Å²) in [5, 5.41) is 8.34. The van der Waals surface area contributed by atoms with Gasteiger partial charge in [0.1, 0.15) is 0 Å². The molecule has 4 heteroatoms. The third kappa shape index (κ3) is 7.36. The van der Waals surface area contributed by atoms with Crippen LogP contribution in [0, 0.1) is 48.5 Å². The van der Waals surface area contributed by atoms with Crippen LogP contribution in [0.15, 0.2) is 75.9 Å². The van der Waals surface area contributed by atoms with Crippen molar-refractivity contribution in [3.63, 3.8) is 0 Å². The maximum absolute atomic E-state index is 4.31. The van der Waals surface area contributed by atoms with E-state index >= 15 is 0 Å². The van der Waals surface area contributed by atoms with Gasteiger partial charge in [0.15, 0.2) is 0 Å². The van der Waals surface area contributed by atoms with Crippen molar-refractivity contribution in [2.75, 3.05) is 0 Å². The maximum Gasteiger partial charge on any atom is 0.0858 e. The molecule has 3 nitrogen and oxygen atoms in total. The van der Waals surface area contributed by atoms with Crippen molar-refractivity contribution in [1.82, 2.24) is 0 Å². The molecule has 4 aromatic carbocycles. The van der Waals surface area contributed by atoms with E-state index in [2.05, 4.69) is 63.8 Å². The summed E-state index contributed by atoms with van der Waals surface area (Å²) < 4.78 is 0. The fraction of sp³-hybridized carbons (Fsp3) is 0. The van der Waals surface area contributed by atoms with Crippen LogP contribution in [0.2, 0.25) is 0 Å². The molecule has 0 aliphatic heterocycles. The second-order valence-electron chi connectivity index (χ2n) is 4.91. The molecule has 0 unspecified atom stereocenters. The number of aliphatic imine (C=N–C) groups is 1. The van der Waals surface area contributed by atoms with Crippen LogP contribution < -0.4 is 0 Å². The summed E-state index contributed by atoms with van der Waals surface area (Å²) in [6.45, 7) is 0. The zero-order valence-electron chi connectivity index (χ0n) is 14.0. The molecule has 0 amide bonds. The van der Waals surface area contributed by atoms with Crippen LogP contribution in [0.1, 0.15) is 5.56 Å². The molecule has 0 fully saturated rings. The number of benzene rings is 2. The molecule has 4 aromatic rings. The van der Waals surface area contributed by atoms with Crippen molar-refractivity contribution in [3.8, 4) is 0 Å². The first-order chi connectivity index (χ1) is 12.9. The molecular formula is C23H11FeN3-10. The second kappa shape index (κ2) is 11.5. The van der Waals surface area contributed by atoms with Crippen molar-refractivity contribution < 1.29 is 17.1 Å². The Balaban J connectivity index is 0.000000379. The smallest absolute Gasteiger partial charge is 0.0858 e. The molecule has 0 heterocycles. The molecule has 0 saturated heterocycles. The topological polar surface area (TPSA) is 37.1 Å². The normalized spacial score (nSPS) is 10.4. The summed E-state index contributed by atoms with van der Waals surface area (Å²) in [4.78, 5) is 4.31. The van der Waals surface area contributed by atoms with Crippen molar-refractivity contribution in [2.45, 2.75) is 0 Å². The number of rotatable bonds is 4. The Labute approximate surface area is 170 Å². The van der Waals surface area contributed by atoms with Gasteiger partial charge in [-0.3, -0.25) is 4.99 Å². The van der Waals surface area contributed by atoms with Crippen LogP contribution >= 0.6 is 0 Å². The first-order valence-corrected chi connectivity index (χ1v) is 7.73. The van der Waals surface area contributed by atoms with Gasteiger partial charge in [-0.15, -0.1) is 0 Å². The van der Waals surface area contributed by atoms with E-state index in [4.69, 9.17) is 0 Å². The van der Waals surface area contributed by atoms with Crippen LogP contribution in [0.3, 0.4) is 0 Å². The van der Waals surface area contributed by atoms with Gasteiger partial charge in [0, 0.05) is 17.1 Å². The van der Waals surface area contributed by atoms with Crippen molar-refractivity contribution in [3.05, 3.63) is 115 Å². The Hall–Kier alpha value is -3.07. The quantitative estimate of drug-likeness (QED) is 0.196. The average Bonchev–Trinajstić information content (AvgIpc) is 3.43. The number of azo groups is 1. The molecule has 0 spiro atoms. The Bertz CT molecular complexity index is 890. The van der Waals surface area contributed by atoms with E-state index < -0.39 is 0 Å². The van der Waals surface area contributed by atoms with Crippen molar-refractivity contribution >= 4 is 23.3 Å². The van der Waals surface area contributed by atoms with Crippen molar-refractivity contribution in [2.24, 2.45) is 15.2 Å². The summed E-state index contributed by atoms with van der Waals surface area (Å²) in [5.74, 6) is 0. The third-order valence-electron chi connectivity index (χ3n) is 3.04. The van der Waals surface area contributed by atoms with E-state index in [1.54, 1.807) is 12.3 Å². The van der Waals surface area contributed by atoms with Gasteiger partial charge >= 0.3 is 0 Å². The van der Waals surface area contributed by atoms with E-state index in [0.717, 1.165) is 22.6 Å². The Kier molecular flexibility index (Phi) is 8.64. The van der Waals surface area contributed by atoms with Crippen LogP contribution in [0.4, 0.5) is 17.1 Å². The standard InChI is InChI=1S/C18H10N3.C5H.Fe/c1-2-8-17(9-3-1)20-21-18-12-10-16(11-13-18)19-14-15-6-4-5-7-15;1-2-4-5-3-1;/h1-3,8-14H;1H;/q2*-5;. The van der Waals surface area contributed by atoms with Crippen LogP contribution in [-0.4, -0.2) is 6.21 Å². The molecule has 0 N–H and O–H groups in total. The van der Waals surface area contributed by atoms with Crippen molar-refractivity contribution in [1.29, 1.82) is 0 Å². The summed E-state index contributed by atoms with van der Waals surface area (Å²) in [5.41, 5.74) is 3.18. The molecule has 136 valence electrons. The van der Waals surface area contributed by atoms with Crippen LogP contribution in [-0.2, 0) is 17.1 Å². The van der Waals surface area contributed by atoms with E-state index in [0.29, 0.717) is 0 Å². The van der Waals surface area contributed by atoms with E-state index in [9.17, 15) is 0 Å². The fourth-order valence-corrected chi connectivity index (χ4v) is 1.83. The number of hydrogen-bond acceptors (Lipinski definition) is 3. The average molecular weight is 385 g/mol. The van der Waals surface area contributed by atoms with Gasteiger partial charge in [-0.2, -0.15) is 16.4 Å². The Morgan fingerprint density at radius 1 is 0.704 bits per heavy atom. The van der Waals surface area contributed by atoms with Crippen LogP contribution in [0.25, 0.3) is 0 Å². The van der Waals surface area contributed by atoms with Gasteiger partial charge in [0.2, 0.25) is 0 Å². The molecule has 0 radical (unpaired) electrons. The minimum atomic E-state index is 0. The van der Waals surface area contributed by atoms with Gasteiger partial charge in [0.05, 0.1) is 17.1 Å². The maximum atomic E-state index is 4.31. The number of nitrogens with zero attached hydrogens (tertiary/aromatic N) is 3. The Morgan fingerprint density at radius 3 is 1.81 bits per heavy atom. The second-order valence-corrected chi connectivity index (χ2v) is 4.91. The summed E-state index contributed by atoms with van der Waals surface area (Å²) in [6.07, 6.45) is 1.67. The zero-order valence-corrected chi connectivity index (χ0v) is 15.2. The minimum absolute atomic E-state index is 0. The first-order valence-electron chi connectivity index (χ1n) is 7.73. The summed E-state index contributed by atoms with van der Waals surface area (Å²) in [7, 11) is 0. The minimum Gasteiger partial charge on any atom is -0.999 e. The van der Waals surface area contributed by atoms with E-state index in [-0.39, 0.29) is 17.1 Å². The molecule has 0 saturated carbocycles. The molecule has 0 aromatic heterocycles. The molecule has 4 rings (SSSR count). The van der Waals surface area contributed by atoms with Crippen LogP contribution in [0.5, 0.6) is 0 Å². The molecule has 0 aliphatic carbocycles. The van der Waals surface area contributed by atoms with Gasteiger partial charge < -0.3 is 60.2 Å². The van der Waals surface area contributed by atoms with E-state index in [1.807, 2.05) is 54.6 Å². The molecular weight excluding hydrogens is 374 g/mol. The third-order valence-corrected chi connectivity index (χ3v) is 3.04. The fourth-order valence-electron chi connectivity index (χ4n) is 1.83. The zero-order chi connectivity index (χ0) is 17.9. The van der Waals surface area contributed by atoms with Gasteiger partial charge in [-0.05, 0) is 36.4 Å². The van der Waals surface area contributed by atoms with Gasteiger partial charge in [-0.1, -0.05) is 18.2 Å². The Morgan fingerprint density at radius 2 is 1.26 bits per heavy atom. The monoisotopic (exact) mass is 385 g/mol. The SMILES string of the molecule is [Fe].[c-]1[c-][c-][c-](C=Nc2ccc(N=Nc3ccccc3)cc2)[c-]1.[c-]1[c-][c-][cH-][c-]1. The molecule has 0 atom stereocenters. The number of hydrogen-bond donors (Lipinski definition) is 0.